The Balaban J connectivity index is 1.27. The lowest BCUT2D eigenvalue weighted by molar-refractivity contribution is 0.0620. The summed E-state index contributed by atoms with van der Waals surface area (Å²) in [6.07, 6.45) is 4.27. The standard InChI is InChI=1S/C23H31N3O2S/c27-17-18-3-1-11-26(16-18)23(28)19-5-7-21(8-6-19)25-12-9-20(10-13-25)24-15-22-4-2-14-29-22/h2,4-8,14,18,20,24,27H,1,3,9-13,15-17H2. The second kappa shape index (κ2) is 9.74. The Bertz CT molecular complexity index is 770. The monoisotopic (exact) mass is 413 g/mol. The van der Waals surface area contributed by atoms with Crippen molar-refractivity contribution in [2.75, 3.05) is 37.7 Å². The quantitative estimate of drug-likeness (QED) is 0.763. The molecule has 0 saturated carbocycles. The van der Waals surface area contributed by atoms with E-state index in [9.17, 15) is 9.90 Å². The van der Waals surface area contributed by atoms with Gasteiger partial charge in [0.1, 0.15) is 0 Å². The predicted octanol–water partition coefficient (Wildman–Crippen LogP) is 3.35. The van der Waals surface area contributed by atoms with Crippen LogP contribution in [0.25, 0.3) is 0 Å². The minimum atomic E-state index is 0.0891. The SMILES string of the molecule is O=C(c1ccc(N2CCC(NCc3cccs3)CC2)cc1)N1CCCC(CO)C1. The number of hydrogen-bond donors (Lipinski definition) is 2. The van der Waals surface area contributed by atoms with E-state index in [1.165, 1.54) is 10.6 Å². The van der Waals surface area contributed by atoms with E-state index >= 15 is 0 Å². The molecule has 0 spiro atoms. The third kappa shape index (κ3) is 5.18. The van der Waals surface area contributed by atoms with Gasteiger partial charge in [-0.25, -0.2) is 0 Å². The maximum Gasteiger partial charge on any atom is 0.253 e. The molecule has 1 unspecified atom stereocenters. The largest absolute Gasteiger partial charge is 0.396 e. The van der Waals surface area contributed by atoms with Crippen molar-refractivity contribution in [1.82, 2.24) is 10.2 Å². The van der Waals surface area contributed by atoms with Gasteiger partial charge >= 0.3 is 0 Å². The Morgan fingerprint density at radius 1 is 1.10 bits per heavy atom. The van der Waals surface area contributed by atoms with Gasteiger partial charge in [0.2, 0.25) is 0 Å². The number of piperidine rings is 2. The highest BCUT2D eigenvalue weighted by Gasteiger charge is 2.24. The molecule has 6 heteroatoms. The van der Waals surface area contributed by atoms with Crippen LogP contribution in [0.5, 0.6) is 0 Å². The van der Waals surface area contributed by atoms with E-state index in [0.29, 0.717) is 12.6 Å². The number of anilines is 1. The number of benzene rings is 1. The number of likely N-dealkylation sites (tertiary alicyclic amines) is 1. The van der Waals surface area contributed by atoms with E-state index < -0.39 is 0 Å². The van der Waals surface area contributed by atoms with Gasteiger partial charge in [0.25, 0.3) is 5.91 Å². The molecule has 5 nitrogen and oxygen atoms in total. The molecular formula is C23H31N3O2S. The number of aliphatic hydroxyl groups is 1. The van der Waals surface area contributed by atoms with Crippen molar-refractivity contribution in [3.63, 3.8) is 0 Å². The molecule has 156 valence electrons. The molecule has 0 radical (unpaired) electrons. The van der Waals surface area contributed by atoms with Gasteiger partial charge in [-0.3, -0.25) is 4.79 Å². The average molecular weight is 414 g/mol. The van der Waals surface area contributed by atoms with Crippen molar-refractivity contribution in [2.45, 2.75) is 38.3 Å². The molecule has 0 aliphatic carbocycles. The molecule has 4 rings (SSSR count). The summed E-state index contributed by atoms with van der Waals surface area (Å²) >= 11 is 1.81. The zero-order valence-corrected chi connectivity index (χ0v) is 17.7. The maximum absolute atomic E-state index is 12.8. The van der Waals surface area contributed by atoms with Gasteiger partial charge < -0.3 is 20.2 Å². The van der Waals surface area contributed by atoms with Crippen molar-refractivity contribution in [3.8, 4) is 0 Å². The fraction of sp³-hybridized carbons (Fsp3) is 0.522. The van der Waals surface area contributed by atoms with E-state index in [0.717, 1.165) is 57.4 Å². The number of carbonyl (C=O) groups is 1. The summed E-state index contributed by atoms with van der Waals surface area (Å²) in [6.45, 7) is 4.68. The normalized spacial score (nSPS) is 20.8. The van der Waals surface area contributed by atoms with Crippen LogP contribution in [0.2, 0.25) is 0 Å². The van der Waals surface area contributed by atoms with E-state index in [-0.39, 0.29) is 18.4 Å². The summed E-state index contributed by atoms with van der Waals surface area (Å²) < 4.78 is 0. The van der Waals surface area contributed by atoms with Gasteiger partial charge in [-0.2, -0.15) is 0 Å². The molecule has 1 atom stereocenters. The first-order valence-corrected chi connectivity index (χ1v) is 11.6. The summed E-state index contributed by atoms with van der Waals surface area (Å²) in [4.78, 5) is 18.5. The van der Waals surface area contributed by atoms with Gasteiger partial charge in [0.15, 0.2) is 0 Å². The topological polar surface area (TPSA) is 55.8 Å². The molecule has 2 fully saturated rings. The highest BCUT2D eigenvalue weighted by atomic mass is 32.1. The molecule has 3 heterocycles. The summed E-state index contributed by atoms with van der Waals surface area (Å²) in [7, 11) is 0. The average Bonchev–Trinajstić information content (AvgIpc) is 3.31. The predicted molar refractivity (Wildman–Crippen MR) is 119 cm³/mol. The minimum absolute atomic E-state index is 0.0891. The molecule has 1 aromatic carbocycles. The van der Waals surface area contributed by atoms with Gasteiger partial charge in [-0.1, -0.05) is 6.07 Å². The number of nitrogens with one attached hydrogen (secondary N) is 1. The molecule has 2 aliphatic rings. The van der Waals surface area contributed by atoms with Crippen LogP contribution in [-0.4, -0.2) is 54.7 Å². The molecule has 2 aromatic rings. The zero-order chi connectivity index (χ0) is 20.1. The smallest absolute Gasteiger partial charge is 0.253 e. The first-order valence-electron chi connectivity index (χ1n) is 10.7. The molecule has 1 aromatic heterocycles. The van der Waals surface area contributed by atoms with Crippen molar-refractivity contribution < 1.29 is 9.90 Å². The molecular weight excluding hydrogens is 382 g/mol. The molecule has 1 amide bonds. The number of rotatable bonds is 6. The van der Waals surface area contributed by atoms with E-state index in [1.807, 2.05) is 28.4 Å². The van der Waals surface area contributed by atoms with Crippen LogP contribution >= 0.6 is 11.3 Å². The summed E-state index contributed by atoms with van der Waals surface area (Å²) in [5.74, 6) is 0.313. The summed E-state index contributed by atoms with van der Waals surface area (Å²) in [5.41, 5.74) is 1.95. The number of amides is 1. The summed E-state index contributed by atoms with van der Waals surface area (Å²) in [5, 5.41) is 15.2. The second-order valence-electron chi connectivity index (χ2n) is 8.21. The van der Waals surface area contributed by atoms with Gasteiger partial charge in [-0.05, 0) is 67.3 Å². The molecule has 2 aliphatic heterocycles. The molecule has 0 bridgehead atoms. The Kier molecular flexibility index (Phi) is 6.85. The first kappa shape index (κ1) is 20.4. The van der Waals surface area contributed by atoms with Crippen LogP contribution in [0.4, 0.5) is 5.69 Å². The summed E-state index contributed by atoms with van der Waals surface area (Å²) in [6, 6.07) is 13.0. The van der Waals surface area contributed by atoms with E-state index in [2.05, 4.69) is 39.9 Å². The Morgan fingerprint density at radius 2 is 1.90 bits per heavy atom. The molecule has 29 heavy (non-hydrogen) atoms. The van der Waals surface area contributed by atoms with Crippen molar-refractivity contribution in [2.24, 2.45) is 5.92 Å². The number of carbonyl (C=O) groups excluding carboxylic acids is 1. The Hall–Kier alpha value is -1.89. The van der Waals surface area contributed by atoms with Crippen LogP contribution in [0, 0.1) is 5.92 Å². The lowest BCUT2D eigenvalue weighted by atomic mass is 9.98. The minimum Gasteiger partial charge on any atom is -0.396 e. The molecule has 2 saturated heterocycles. The number of nitrogens with zero attached hydrogens (tertiary/aromatic N) is 2. The van der Waals surface area contributed by atoms with E-state index in [4.69, 9.17) is 0 Å². The third-order valence-corrected chi connectivity index (χ3v) is 7.06. The van der Waals surface area contributed by atoms with E-state index in [1.54, 1.807) is 0 Å². The van der Waals surface area contributed by atoms with Crippen LogP contribution < -0.4 is 10.2 Å². The van der Waals surface area contributed by atoms with Crippen molar-refractivity contribution in [1.29, 1.82) is 0 Å². The van der Waals surface area contributed by atoms with Crippen molar-refractivity contribution in [3.05, 3.63) is 52.2 Å². The fourth-order valence-corrected chi connectivity index (χ4v) is 5.05. The van der Waals surface area contributed by atoms with Crippen LogP contribution in [0.15, 0.2) is 41.8 Å². The highest BCUT2D eigenvalue weighted by molar-refractivity contribution is 7.09. The highest BCUT2D eigenvalue weighted by Crippen LogP contribution is 2.23. The van der Waals surface area contributed by atoms with Crippen LogP contribution in [0.1, 0.15) is 40.9 Å². The second-order valence-corrected chi connectivity index (χ2v) is 9.24. The third-order valence-electron chi connectivity index (χ3n) is 6.18. The first-order chi connectivity index (χ1) is 14.2. The number of hydrogen-bond acceptors (Lipinski definition) is 5. The lowest BCUT2D eigenvalue weighted by Gasteiger charge is -2.34. The fourth-order valence-electron chi connectivity index (χ4n) is 4.40. The van der Waals surface area contributed by atoms with Gasteiger partial charge in [-0.15, -0.1) is 11.3 Å². The maximum atomic E-state index is 12.8. The number of aliphatic hydroxyl groups excluding tert-OH is 1. The molecule has 2 N–H and O–H groups in total. The van der Waals surface area contributed by atoms with Gasteiger partial charge in [0.05, 0.1) is 0 Å². The Morgan fingerprint density at radius 3 is 2.59 bits per heavy atom. The lowest BCUT2D eigenvalue weighted by Crippen LogP contribution is -2.42. The van der Waals surface area contributed by atoms with Crippen LogP contribution in [0.3, 0.4) is 0 Å². The number of thiophene rings is 1. The van der Waals surface area contributed by atoms with Crippen LogP contribution in [-0.2, 0) is 6.54 Å². The van der Waals surface area contributed by atoms with Crippen molar-refractivity contribution >= 4 is 22.9 Å². The zero-order valence-electron chi connectivity index (χ0n) is 16.9. The Labute approximate surface area is 177 Å². The van der Waals surface area contributed by atoms with Gasteiger partial charge in [0, 0.05) is 61.5 Å².